The first kappa shape index (κ1) is 36.6. The normalized spacial score (nSPS) is 13.4. The molecule has 0 heterocycles. The molecule has 0 saturated heterocycles. The molecule has 0 fully saturated rings. The van der Waals surface area contributed by atoms with E-state index in [1.165, 1.54) is 51.4 Å². The topological polar surface area (TPSA) is 54.4 Å². The lowest BCUT2D eigenvalue weighted by Crippen LogP contribution is -2.23. The van der Waals surface area contributed by atoms with Crippen LogP contribution in [0.1, 0.15) is 136 Å². The Labute approximate surface area is 240 Å². The lowest BCUT2D eigenvalue weighted by Gasteiger charge is -2.10. The van der Waals surface area contributed by atoms with E-state index in [-0.39, 0.29) is 5.78 Å². The van der Waals surface area contributed by atoms with Crippen LogP contribution in [-0.4, -0.2) is 16.9 Å². The highest BCUT2D eigenvalue weighted by Gasteiger charge is 2.24. The smallest absolute Gasteiger partial charge is 0.314 e. The van der Waals surface area contributed by atoms with E-state index < -0.39 is 11.9 Å². The van der Waals surface area contributed by atoms with Gasteiger partial charge in [-0.15, -0.1) is 0 Å². The highest BCUT2D eigenvalue weighted by Crippen LogP contribution is 2.15. The molecule has 1 unspecified atom stereocenters. The fourth-order valence-electron chi connectivity index (χ4n) is 4.18. The van der Waals surface area contributed by atoms with E-state index in [0.29, 0.717) is 12.8 Å². The number of carbonyl (C=O) groups excluding carboxylic acids is 1. The Bertz CT molecular complexity index is 751. The summed E-state index contributed by atoms with van der Waals surface area (Å²) >= 11 is 0. The lowest BCUT2D eigenvalue weighted by atomic mass is 9.94. The third-order valence-corrected chi connectivity index (χ3v) is 6.63. The largest absolute Gasteiger partial charge is 0.481 e. The minimum atomic E-state index is -0.975. The molecule has 39 heavy (non-hydrogen) atoms. The molecule has 0 bridgehead atoms. The molecular weight excluding hydrogens is 480 g/mol. The molecular formula is C36H58O3. The predicted octanol–water partition coefficient (Wildman–Crippen LogP) is 11.0. The van der Waals surface area contributed by atoms with Crippen LogP contribution < -0.4 is 0 Å². The Morgan fingerprint density at radius 2 is 0.872 bits per heavy atom. The van der Waals surface area contributed by atoms with Crippen molar-refractivity contribution in [3.8, 4) is 0 Å². The first-order chi connectivity index (χ1) is 19.1. The number of carbonyl (C=O) groups is 2. The van der Waals surface area contributed by atoms with Crippen LogP contribution in [0.3, 0.4) is 0 Å². The Morgan fingerprint density at radius 3 is 1.26 bits per heavy atom. The maximum Gasteiger partial charge on any atom is 0.314 e. The Hall–Kier alpha value is -2.42. The van der Waals surface area contributed by atoms with Gasteiger partial charge in [0, 0.05) is 6.42 Å². The summed E-state index contributed by atoms with van der Waals surface area (Å²) in [5.74, 6) is -1.95. The van der Waals surface area contributed by atoms with E-state index in [1.54, 1.807) is 0 Å². The van der Waals surface area contributed by atoms with Gasteiger partial charge < -0.3 is 5.11 Å². The Morgan fingerprint density at radius 1 is 0.513 bits per heavy atom. The van der Waals surface area contributed by atoms with E-state index >= 15 is 0 Å². The van der Waals surface area contributed by atoms with Crippen LogP contribution in [-0.2, 0) is 9.59 Å². The van der Waals surface area contributed by atoms with Crippen LogP contribution in [0.25, 0.3) is 0 Å². The van der Waals surface area contributed by atoms with Crippen molar-refractivity contribution in [1.29, 1.82) is 0 Å². The van der Waals surface area contributed by atoms with Crippen molar-refractivity contribution in [3.05, 3.63) is 72.9 Å². The van der Waals surface area contributed by atoms with Gasteiger partial charge in [-0.05, 0) is 89.9 Å². The zero-order valence-corrected chi connectivity index (χ0v) is 25.2. The van der Waals surface area contributed by atoms with E-state index in [2.05, 4.69) is 86.8 Å². The number of rotatable bonds is 27. The maximum atomic E-state index is 12.4. The van der Waals surface area contributed by atoms with Gasteiger partial charge in [-0.2, -0.15) is 0 Å². The number of hydrogen-bond acceptors (Lipinski definition) is 2. The molecule has 0 aliphatic heterocycles. The molecule has 220 valence electrons. The van der Waals surface area contributed by atoms with Gasteiger partial charge in [-0.25, -0.2) is 0 Å². The number of allylic oxidation sites excluding steroid dienone is 12. The molecule has 0 aromatic carbocycles. The molecule has 1 atom stereocenters. The van der Waals surface area contributed by atoms with E-state index in [9.17, 15) is 14.7 Å². The molecule has 0 saturated carbocycles. The first-order valence-electron chi connectivity index (χ1n) is 15.8. The van der Waals surface area contributed by atoms with Gasteiger partial charge in [0.15, 0.2) is 0 Å². The number of hydrogen-bond donors (Lipinski definition) is 1. The van der Waals surface area contributed by atoms with Gasteiger partial charge in [-0.1, -0.05) is 112 Å². The van der Waals surface area contributed by atoms with Gasteiger partial charge in [0.1, 0.15) is 11.7 Å². The van der Waals surface area contributed by atoms with Crippen LogP contribution in [0.15, 0.2) is 72.9 Å². The van der Waals surface area contributed by atoms with E-state index in [4.69, 9.17) is 0 Å². The number of ketones is 1. The molecule has 0 amide bonds. The molecule has 0 aliphatic carbocycles. The van der Waals surface area contributed by atoms with Crippen LogP contribution in [0.4, 0.5) is 0 Å². The standard InChI is InChI=1S/C36H58O3/c1-3-5-7-9-11-13-15-17-19-21-23-25-27-29-31-33-35(37)34(36(38)39)32-30-28-26-24-22-20-18-16-14-12-10-8-6-4-2/h11-14,17-20,23-26,34H,3-10,15-16,21-22,27-33H2,1-2H3,(H,38,39)/b13-11?,14-12-,19-17?,20-18-,25-23?,26-24-. The fourth-order valence-corrected chi connectivity index (χ4v) is 4.18. The number of unbranched alkanes of at least 4 members (excludes halogenated alkanes) is 9. The summed E-state index contributed by atoms with van der Waals surface area (Å²) in [6, 6.07) is 0. The van der Waals surface area contributed by atoms with Crippen LogP contribution in [0.2, 0.25) is 0 Å². The fraction of sp³-hybridized carbons (Fsp3) is 0.611. The summed E-state index contributed by atoms with van der Waals surface area (Å²) in [6.45, 7) is 4.45. The van der Waals surface area contributed by atoms with Gasteiger partial charge in [0.2, 0.25) is 0 Å². The summed E-state index contributed by atoms with van der Waals surface area (Å²) in [7, 11) is 0. The molecule has 0 aromatic rings. The summed E-state index contributed by atoms with van der Waals surface area (Å²) in [5, 5.41) is 9.50. The lowest BCUT2D eigenvalue weighted by molar-refractivity contribution is -0.146. The van der Waals surface area contributed by atoms with E-state index in [1.807, 2.05) is 0 Å². The second-order valence-electron chi connectivity index (χ2n) is 10.3. The van der Waals surface area contributed by atoms with Gasteiger partial charge in [0.05, 0.1) is 0 Å². The van der Waals surface area contributed by atoms with Crippen LogP contribution in [0, 0.1) is 5.92 Å². The molecule has 0 aliphatic rings. The van der Waals surface area contributed by atoms with Gasteiger partial charge in [0.25, 0.3) is 0 Å². The Balaban J connectivity index is 3.88. The van der Waals surface area contributed by atoms with Crippen LogP contribution in [0.5, 0.6) is 0 Å². The highest BCUT2D eigenvalue weighted by atomic mass is 16.4. The molecule has 0 aromatic heterocycles. The van der Waals surface area contributed by atoms with Crippen molar-refractivity contribution < 1.29 is 14.7 Å². The van der Waals surface area contributed by atoms with Crippen molar-refractivity contribution in [1.82, 2.24) is 0 Å². The van der Waals surface area contributed by atoms with Crippen molar-refractivity contribution in [2.75, 3.05) is 0 Å². The predicted molar refractivity (Wildman–Crippen MR) is 170 cm³/mol. The van der Waals surface area contributed by atoms with Crippen molar-refractivity contribution in [2.45, 2.75) is 136 Å². The SMILES string of the molecule is CCCCCC=CCC=CCC=CCCCCC(=O)C(CCC/C=C\C/C=C\C/C=C\CCCCC)C(=O)O. The number of carboxylic acid groups (broad SMARTS) is 1. The highest BCUT2D eigenvalue weighted by molar-refractivity contribution is 5.98. The summed E-state index contributed by atoms with van der Waals surface area (Å²) < 4.78 is 0. The zero-order chi connectivity index (χ0) is 28.7. The second-order valence-corrected chi connectivity index (χ2v) is 10.3. The number of Topliss-reactive ketones (excluding diaryl/α,β-unsaturated/α-hetero) is 1. The van der Waals surface area contributed by atoms with Crippen LogP contribution >= 0.6 is 0 Å². The third-order valence-electron chi connectivity index (χ3n) is 6.63. The summed E-state index contributed by atoms with van der Waals surface area (Å²) in [5.41, 5.74) is 0. The quantitative estimate of drug-likeness (QED) is 0.0642. The van der Waals surface area contributed by atoms with Crippen molar-refractivity contribution in [2.24, 2.45) is 5.92 Å². The molecule has 3 nitrogen and oxygen atoms in total. The number of aliphatic carboxylic acids is 1. The third kappa shape index (κ3) is 27.0. The Kier molecular flexibility index (Phi) is 28.3. The molecule has 0 spiro atoms. The van der Waals surface area contributed by atoms with Crippen molar-refractivity contribution >= 4 is 11.8 Å². The van der Waals surface area contributed by atoms with Gasteiger partial charge in [-0.3, -0.25) is 9.59 Å². The minimum Gasteiger partial charge on any atom is -0.481 e. The average Bonchev–Trinajstić information content (AvgIpc) is 2.92. The zero-order valence-electron chi connectivity index (χ0n) is 25.2. The summed E-state index contributed by atoms with van der Waals surface area (Å²) in [4.78, 5) is 24.0. The minimum absolute atomic E-state index is 0.119. The summed E-state index contributed by atoms with van der Waals surface area (Å²) in [6.07, 6.45) is 45.1. The molecule has 0 rings (SSSR count). The molecule has 0 radical (unpaired) electrons. The van der Waals surface area contributed by atoms with Gasteiger partial charge >= 0.3 is 5.97 Å². The molecule has 1 N–H and O–H groups in total. The maximum absolute atomic E-state index is 12.4. The van der Waals surface area contributed by atoms with Crippen molar-refractivity contribution in [3.63, 3.8) is 0 Å². The number of carboxylic acids is 1. The first-order valence-corrected chi connectivity index (χ1v) is 15.8. The monoisotopic (exact) mass is 538 g/mol. The average molecular weight is 539 g/mol. The molecule has 3 heteroatoms. The van der Waals surface area contributed by atoms with E-state index in [0.717, 1.165) is 57.8 Å². The second kappa shape index (κ2) is 30.1.